The van der Waals surface area contributed by atoms with E-state index in [1.165, 1.54) is 7.11 Å². The summed E-state index contributed by atoms with van der Waals surface area (Å²) in [5, 5.41) is 8.63. The topological polar surface area (TPSA) is 92.3 Å². The van der Waals surface area contributed by atoms with E-state index < -0.39 is 17.1 Å². The van der Waals surface area contributed by atoms with Crippen molar-refractivity contribution in [2.45, 2.75) is 19.4 Å². The highest BCUT2D eigenvalue weighted by Crippen LogP contribution is 2.18. The minimum Gasteiger partial charge on any atom is -0.477 e. The van der Waals surface area contributed by atoms with E-state index in [4.69, 9.17) is 9.84 Å². The molecule has 82 valence electrons. The van der Waals surface area contributed by atoms with Crippen molar-refractivity contribution < 1.29 is 14.6 Å². The summed E-state index contributed by atoms with van der Waals surface area (Å²) in [6.07, 6.45) is 1.03. The van der Waals surface area contributed by atoms with E-state index in [-0.39, 0.29) is 5.56 Å². The summed E-state index contributed by atoms with van der Waals surface area (Å²) in [6.45, 7) is 3.43. The largest absolute Gasteiger partial charge is 0.477 e. The number of ether oxygens (including phenoxy) is 1. The number of H-pyrrole nitrogens is 1. The van der Waals surface area contributed by atoms with Crippen LogP contribution in [-0.2, 0) is 10.3 Å². The first-order chi connectivity index (χ1) is 6.88. The molecule has 0 aliphatic rings. The van der Waals surface area contributed by atoms with Gasteiger partial charge in [-0.2, -0.15) is 0 Å². The average molecular weight is 212 g/mol. The fraction of sp³-hybridized carbons (Fsp3) is 0.444. The number of rotatable bonds is 3. The molecule has 1 aromatic rings. The summed E-state index contributed by atoms with van der Waals surface area (Å²) in [6, 6.07) is 0. The molecule has 0 aliphatic heterocycles. The van der Waals surface area contributed by atoms with Crippen molar-refractivity contribution in [3.63, 3.8) is 0 Å². The maximum Gasteiger partial charge on any atom is 0.342 e. The standard InChI is InChI=1S/C9H12N2O4/c1-9(2,15-3)8-10-4-5(7(13)14)6(12)11-8/h4H,1-3H3,(H,13,14)(H,10,11,12). The van der Waals surface area contributed by atoms with Gasteiger partial charge in [-0.25, -0.2) is 9.78 Å². The Balaban J connectivity index is 3.24. The van der Waals surface area contributed by atoms with E-state index in [1.54, 1.807) is 13.8 Å². The number of carboxylic acid groups (broad SMARTS) is 1. The third-order valence-electron chi connectivity index (χ3n) is 2.11. The molecule has 0 aromatic carbocycles. The smallest absolute Gasteiger partial charge is 0.342 e. The molecule has 0 atom stereocenters. The highest BCUT2D eigenvalue weighted by Gasteiger charge is 2.23. The van der Waals surface area contributed by atoms with Crippen molar-refractivity contribution in [1.82, 2.24) is 9.97 Å². The molecule has 0 unspecified atom stereocenters. The molecule has 6 heteroatoms. The van der Waals surface area contributed by atoms with Gasteiger partial charge in [0.25, 0.3) is 5.56 Å². The molecule has 1 aromatic heterocycles. The lowest BCUT2D eigenvalue weighted by molar-refractivity contribution is 0.0111. The van der Waals surface area contributed by atoms with Gasteiger partial charge >= 0.3 is 5.97 Å². The molecule has 2 N–H and O–H groups in total. The maximum absolute atomic E-state index is 11.3. The molecule has 0 saturated carbocycles. The first-order valence-electron chi connectivity index (χ1n) is 4.26. The Hall–Kier alpha value is -1.69. The number of nitrogens with zero attached hydrogens (tertiary/aromatic N) is 1. The molecule has 6 nitrogen and oxygen atoms in total. The zero-order chi connectivity index (χ0) is 11.6. The third-order valence-corrected chi connectivity index (χ3v) is 2.11. The molecule has 0 aliphatic carbocycles. The second kappa shape index (κ2) is 3.82. The SMILES string of the molecule is COC(C)(C)c1ncc(C(=O)O)c(=O)[nH]1. The van der Waals surface area contributed by atoms with Gasteiger partial charge < -0.3 is 14.8 Å². The van der Waals surface area contributed by atoms with E-state index in [0.717, 1.165) is 6.20 Å². The molecule has 0 radical (unpaired) electrons. The Bertz CT molecular complexity index is 436. The predicted molar refractivity (Wildman–Crippen MR) is 51.9 cm³/mol. The average Bonchev–Trinajstić information content (AvgIpc) is 2.17. The quantitative estimate of drug-likeness (QED) is 0.754. The van der Waals surface area contributed by atoms with Gasteiger partial charge in [0, 0.05) is 13.3 Å². The van der Waals surface area contributed by atoms with Crippen LogP contribution in [0.25, 0.3) is 0 Å². The Morgan fingerprint density at radius 1 is 1.60 bits per heavy atom. The molecule has 0 spiro atoms. The van der Waals surface area contributed by atoms with Gasteiger partial charge in [-0.05, 0) is 13.8 Å². The van der Waals surface area contributed by atoms with Crippen LogP contribution in [0.3, 0.4) is 0 Å². The van der Waals surface area contributed by atoms with Crippen molar-refractivity contribution in [3.8, 4) is 0 Å². The third kappa shape index (κ3) is 2.21. The summed E-state index contributed by atoms with van der Waals surface area (Å²) >= 11 is 0. The van der Waals surface area contributed by atoms with Gasteiger partial charge in [0.2, 0.25) is 0 Å². The van der Waals surface area contributed by atoms with E-state index in [2.05, 4.69) is 9.97 Å². The highest BCUT2D eigenvalue weighted by atomic mass is 16.5. The fourth-order valence-electron chi connectivity index (χ4n) is 0.950. The molecular weight excluding hydrogens is 200 g/mol. The summed E-state index contributed by atoms with van der Waals surface area (Å²) in [5.74, 6) is -1.01. The zero-order valence-corrected chi connectivity index (χ0v) is 8.70. The van der Waals surface area contributed by atoms with Crippen LogP contribution in [0.4, 0.5) is 0 Å². The lowest BCUT2D eigenvalue weighted by Crippen LogP contribution is -2.29. The second-order valence-corrected chi connectivity index (χ2v) is 3.49. The molecule has 0 fully saturated rings. The van der Waals surface area contributed by atoms with Gasteiger partial charge in [-0.15, -0.1) is 0 Å². The number of aromatic carboxylic acids is 1. The number of aromatic amines is 1. The molecular formula is C9H12N2O4. The molecule has 1 rings (SSSR count). The second-order valence-electron chi connectivity index (χ2n) is 3.49. The zero-order valence-electron chi connectivity index (χ0n) is 8.70. The minimum absolute atomic E-state index is 0.292. The molecule has 1 heterocycles. The highest BCUT2D eigenvalue weighted by molar-refractivity contribution is 5.86. The lowest BCUT2D eigenvalue weighted by Gasteiger charge is -2.21. The summed E-state index contributed by atoms with van der Waals surface area (Å²) in [7, 11) is 1.48. The number of methoxy groups -OCH3 is 1. The Morgan fingerprint density at radius 2 is 2.20 bits per heavy atom. The van der Waals surface area contributed by atoms with Crippen LogP contribution in [0, 0.1) is 0 Å². The van der Waals surface area contributed by atoms with Crippen LogP contribution in [0.5, 0.6) is 0 Å². The monoisotopic (exact) mass is 212 g/mol. The van der Waals surface area contributed by atoms with Crippen molar-refractivity contribution in [2.24, 2.45) is 0 Å². The number of hydrogen-bond acceptors (Lipinski definition) is 4. The number of carboxylic acids is 1. The molecule has 0 saturated heterocycles. The van der Waals surface area contributed by atoms with Gasteiger partial charge in [0.05, 0.1) is 0 Å². The normalized spacial score (nSPS) is 11.4. The van der Waals surface area contributed by atoms with Crippen LogP contribution < -0.4 is 5.56 Å². The van der Waals surface area contributed by atoms with Crippen molar-refractivity contribution in [1.29, 1.82) is 0 Å². The van der Waals surface area contributed by atoms with Gasteiger partial charge in [0.1, 0.15) is 17.0 Å². The van der Waals surface area contributed by atoms with Gasteiger partial charge in [0.15, 0.2) is 0 Å². The van der Waals surface area contributed by atoms with E-state index in [0.29, 0.717) is 5.82 Å². The van der Waals surface area contributed by atoms with Crippen LogP contribution in [0.2, 0.25) is 0 Å². The molecule has 0 bridgehead atoms. The van der Waals surface area contributed by atoms with Crippen LogP contribution in [0.1, 0.15) is 30.0 Å². The first kappa shape index (κ1) is 11.4. The van der Waals surface area contributed by atoms with Crippen molar-refractivity contribution in [2.75, 3.05) is 7.11 Å². The number of aromatic nitrogens is 2. The maximum atomic E-state index is 11.3. The van der Waals surface area contributed by atoms with E-state index >= 15 is 0 Å². The van der Waals surface area contributed by atoms with Crippen LogP contribution in [0.15, 0.2) is 11.0 Å². The van der Waals surface area contributed by atoms with Gasteiger partial charge in [-0.1, -0.05) is 0 Å². The summed E-state index contributed by atoms with van der Waals surface area (Å²) < 4.78 is 5.10. The number of carbonyl (C=O) groups is 1. The fourth-order valence-corrected chi connectivity index (χ4v) is 0.950. The number of hydrogen-bond donors (Lipinski definition) is 2. The summed E-state index contributed by atoms with van der Waals surface area (Å²) in [4.78, 5) is 28.1. The summed E-state index contributed by atoms with van der Waals surface area (Å²) in [5.41, 5.74) is -1.82. The molecule has 15 heavy (non-hydrogen) atoms. The van der Waals surface area contributed by atoms with Crippen molar-refractivity contribution >= 4 is 5.97 Å². The molecule has 0 amide bonds. The van der Waals surface area contributed by atoms with E-state index in [1.807, 2.05) is 0 Å². The predicted octanol–water partition coefficient (Wildman–Crippen LogP) is 0.350. The van der Waals surface area contributed by atoms with Gasteiger partial charge in [-0.3, -0.25) is 4.79 Å². The Labute approximate surface area is 85.9 Å². The minimum atomic E-state index is -1.30. The lowest BCUT2D eigenvalue weighted by atomic mass is 10.1. The first-order valence-corrected chi connectivity index (χ1v) is 4.26. The number of nitrogens with one attached hydrogen (secondary N) is 1. The Morgan fingerprint density at radius 3 is 2.60 bits per heavy atom. The Kier molecular flexibility index (Phi) is 2.90. The van der Waals surface area contributed by atoms with Crippen molar-refractivity contribution in [3.05, 3.63) is 27.9 Å². The van der Waals surface area contributed by atoms with Crippen LogP contribution in [-0.4, -0.2) is 28.2 Å². The van der Waals surface area contributed by atoms with E-state index in [9.17, 15) is 9.59 Å². The van der Waals surface area contributed by atoms with Crippen LogP contribution >= 0.6 is 0 Å².